The van der Waals surface area contributed by atoms with Gasteiger partial charge in [-0.15, -0.1) is 0 Å². The summed E-state index contributed by atoms with van der Waals surface area (Å²) >= 11 is 0. The molecule has 3 rings (SSSR count). The molecule has 0 aliphatic carbocycles. The van der Waals surface area contributed by atoms with Gasteiger partial charge in [0.1, 0.15) is 5.75 Å². The molecule has 6 nitrogen and oxygen atoms in total. The molecule has 0 atom stereocenters. The first-order chi connectivity index (χ1) is 15.5. The summed E-state index contributed by atoms with van der Waals surface area (Å²) in [5, 5.41) is 3.13. The predicted octanol–water partition coefficient (Wildman–Crippen LogP) is 3.53. The Labute approximate surface area is 189 Å². The zero-order valence-corrected chi connectivity index (χ0v) is 18.7. The normalized spacial score (nSPS) is 11.1. The maximum Gasteiger partial charge on any atom is 0.264 e. The maximum atomic E-state index is 12.1. The van der Waals surface area contributed by atoms with Gasteiger partial charge in [-0.05, 0) is 54.8 Å². The Morgan fingerprint density at radius 3 is 2.09 bits per heavy atom. The number of ether oxygens (including phenoxy) is 1. The van der Waals surface area contributed by atoms with Crippen molar-refractivity contribution in [2.75, 3.05) is 19.7 Å². The number of hydrogen-bond acceptors (Lipinski definition) is 5. The van der Waals surface area contributed by atoms with Crippen LogP contribution in [0.3, 0.4) is 0 Å². The second-order valence-corrected chi connectivity index (χ2v) is 9.03. The van der Waals surface area contributed by atoms with Crippen LogP contribution in [-0.2, 0) is 21.2 Å². The van der Waals surface area contributed by atoms with E-state index in [-0.39, 0.29) is 11.3 Å². The molecule has 0 saturated heterocycles. The third-order valence-electron chi connectivity index (χ3n) is 4.77. The fourth-order valence-electron chi connectivity index (χ4n) is 3.11. The molecule has 0 unspecified atom stereocenters. The number of carbonyl (C=O) groups is 1. The van der Waals surface area contributed by atoms with Crippen LogP contribution in [0.15, 0.2) is 89.8 Å². The van der Waals surface area contributed by atoms with Gasteiger partial charge in [0.05, 0.1) is 11.5 Å². The van der Waals surface area contributed by atoms with Crippen molar-refractivity contribution < 1.29 is 17.9 Å². The second kappa shape index (κ2) is 12.0. The van der Waals surface area contributed by atoms with Crippen molar-refractivity contribution in [3.05, 3.63) is 96.1 Å². The SMILES string of the molecule is O=C(CCNCCCOc1ccc(Cc2ccccc2)cc1)NS(=O)(=O)c1ccccc1. The van der Waals surface area contributed by atoms with Crippen LogP contribution in [-0.4, -0.2) is 34.0 Å². The molecule has 0 saturated carbocycles. The van der Waals surface area contributed by atoms with Crippen molar-refractivity contribution in [3.8, 4) is 5.75 Å². The van der Waals surface area contributed by atoms with Gasteiger partial charge < -0.3 is 10.1 Å². The topological polar surface area (TPSA) is 84.5 Å². The Kier molecular flexibility index (Phi) is 8.83. The van der Waals surface area contributed by atoms with Crippen molar-refractivity contribution in [1.82, 2.24) is 10.0 Å². The first kappa shape index (κ1) is 23.5. The first-order valence-electron chi connectivity index (χ1n) is 10.6. The quantitative estimate of drug-likeness (QED) is 0.411. The molecule has 0 aromatic heterocycles. The highest BCUT2D eigenvalue weighted by atomic mass is 32.2. The largest absolute Gasteiger partial charge is 0.494 e. The third kappa shape index (κ3) is 7.83. The monoisotopic (exact) mass is 452 g/mol. The van der Waals surface area contributed by atoms with E-state index in [0.29, 0.717) is 19.7 Å². The lowest BCUT2D eigenvalue weighted by Gasteiger charge is -2.09. The molecular formula is C25H28N2O4S. The fraction of sp³-hybridized carbons (Fsp3) is 0.240. The average molecular weight is 453 g/mol. The van der Waals surface area contributed by atoms with Gasteiger partial charge >= 0.3 is 0 Å². The lowest BCUT2D eigenvalue weighted by molar-refractivity contribution is -0.119. The summed E-state index contributed by atoms with van der Waals surface area (Å²) < 4.78 is 32.0. The minimum Gasteiger partial charge on any atom is -0.494 e. The lowest BCUT2D eigenvalue weighted by Crippen LogP contribution is -2.33. The van der Waals surface area contributed by atoms with E-state index < -0.39 is 15.9 Å². The zero-order chi connectivity index (χ0) is 22.7. The van der Waals surface area contributed by atoms with Gasteiger partial charge in [0.2, 0.25) is 5.91 Å². The molecule has 7 heteroatoms. The molecule has 32 heavy (non-hydrogen) atoms. The zero-order valence-electron chi connectivity index (χ0n) is 17.9. The van der Waals surface area contributed by atoms with E-state index >= 15 is 0 Å². The van der Waals surface area contributed by atoms with Gasteiger partial charge in [0.25, 0.3) is 10.0 Å². The Hall–Kier alpha value is -3.16. The van der Waals surface area contributed by atoms with Crippen LogP contribution in [0.25, 0.3) is 0 Å². The average Bonchev–Trinajstić information content (AvgIpc) is 2.80. The summed E-state index contributed by atoms with van der Waals surface area (Å²) in [5.74, 6) is 0.292. The van der Waals surface area contributed by atoms with Crippen LogP contribution in [0.5, 0.6) is 5.75 Å². The first-order valence-corrected chi connectivity index (χ1v) is 12.1. The van der Waals surface area contributed by atoms with Gasteiger partial charge in [-0.1, -0.05) is 60.7 Å². The minimum absolute atomic E-state index is 0.0755. The van der Waals surface area contributed by atoms with Crippen LogP contribution in [0.4, 0.5) is 0 Å². The highest BCUT2D eigenvalue weighted by Gasteiger charge is 2.16. The molecule has 0 bridgehead atoms. The van der Waals surface area contributed by atoms with E-state index in [0.717, 1.165) is 18.6 Å². The molecule has 0 spiro atoms. The van der Waals surface area contributed by atoms with Crippen molar-refractivity contribution in [3.63, 3.8) is 0 Å². The molecule has 3 aromatic carbocycles. The summed E-state index contributed by atoms with van der Waals surface area (Å²) in [6.07, 6.45) is 1.75. The highest BCUT2D eigenvalue weighted by Crippen LogP contribution is 2.15. The Morgan fingerprint density at radius 2 is 1.41 bits per heavy atom. The summed E-state index contributed by atoms with van der Waals surface area (Å²) in [7, 11) is -3.81. The molecule has 0 aliphatic heterocycles. The molecule has 3 aromatic rings. The maximum absolute atomic E-state index is 12.1. The standard InChI is InChI=1S/C25H28N2O4S/c28-25(27-32(29,30)24-10-5-2-6-11-24)16-18-26-17-7-19-31-23-14-12-22(13-15-23)20-21-8-3-1-4-9-21/h1-6,8-15,26H,7,16-20H2,(H,27,28). The number of carbonyl (C=O) groups excluding carboxylic acids is 1. The molecule has 2 N–H and O–H groups in total. The smallest absolute Gasteiger partial charge is 0.264 e. The summed E-state index contributed by atoms with van der Waals surface area (Å²) in [4.78, 5) is 12.0. The van der Waals surface area contributed by atoms with Crippen molar-refractivity contribution >= 4 is 15.9 Å². The summed E-state index contributed by atoms with van der Waals surface area (Å²) in [5.41, 5.74) is 2.51. The number of benzene rings is 3. The van der Waals surface area contributed by atoms with Gasteiger partial charge in [0, 0.05) is 13.0 Å². The van der Waals surface area contributed by atoms with E-state index in [1.165, 1.54) is 23.3 Å². The van der Waals surface area contributed by atoms with Crippen LogP contribution < -0.4 is 14.8 Å². The number of hydrogen-bond donors (Lipinski definition) is 2. The van der Waals surface area contributed by atoms with Gasteiger partial charge in [0.15, 0.2) is 0 Å². The van der Waals surface area contributed by atoms with E-state index in [1.54, 1.807) is 18.2 Å². The summed E-state index contributed by atoms with van der Waals surface area (Å²) in [6.45, 7) is 1.62. The molecule has 0 radical (unpaired) electrons. The Bertz CT molecular complexity index is 1070. The molecule has 168 valence electrons. The molecule has 0 aliphatic rings. The second-order valence-electron chi connectivity index (χ2n) is 7.35. The van der Waals surface area contributed by atoms with Gasteiger partial charge in [-0.3, -0.25) is 4.79 Å². The van der Waals surface area contributed by atoms with E-state index in [4.69, 9.17) is 4.74 Å². The third-order valence-corrected chi connectivity index (χ3v) is 6.16. The van der Waals surface area contributed by atoms with Gasteiger partial charge in [-0.25, -0.2) is 13.1 Å². The molecule has 1 amide bonds. The van der Waals surface area contributed by atoms with Crippen molar-refractivity contribution in [1.29, 1.82) is 0 Å². The molecule has 0 fully saturated rings. The van der Waals surface area contributed by atoms with Crippen LogP contribution in [0.1, 0.15) is 24.0 Å². The number of amides is 1. The minimum atomic E-state index is -3.81. The van der Waals surface area contributed by atoms with E-state index in [1.807, 2.05) is 30.3 Å². The van der Waals surface area contributed by atoms with Crippen molar-refractivity contribution in [2.45, 2.75) is 24.2 Å². The molecule has 0 heterocycles. The fourth-order valence-corrected chi connectivity index (χ4v) is 4.14. The van der Waals surface area contributed by atoms with Crippen molar-refractivity contribution in [2.24, 2.45) is 0 Å². The lowest BCUT2D eigenvalue weighted by atomic mass is 10.1. The molecular weight excluding hydrogens is 424 g/mol. The number of nitrogens with one attached hydrogen (secondary N) is 2. The van der Waals surface area contributed by atoms with E-state index in [2.05, 4.69) is 34.3 Å². The Morgan fingerprint density at radius 1 is 0.781 bits per heavy atom. The summed E-state index contributed by atoms with van der Waals surface area (Å²) in [6, 6.07) is 26.3. The number of rotatable bonds is 12. The van der Waals surface area contributed by atoms with E-state index in [9.17, 15) is 13.2 Å². The van der Waals surface area contributed by atoms with Crippen LogP contribution >= 0.6 is 0 Å². The van der Waals surface area contributed by atoms with Crippen LogP contribution in [0.2, 0.25) is 0 Å². The highest BCUT2D eigenvalue weighted by molar-refractivity contribution is 7.90. The van der Waals surface area contributed by atoms with Gasteiger partial charge in [-0.2, -0.15) is 0 Å². The predicted molar refractivity (Wildman–Crippen MR) is 125 cm³/mol. The Balaban J connectivity index is 1.27. The van der Waals surface area contributed by atoms with Crippen LogP contribution in [0, 0.1) is 0 Å². The number of sulfonamides is 1.